The van der Waals surface area contributed by atoms with E-state index in [0.717, 1.165) is 22.2 Å². The van der Waals surface area contributed by atoms with Gasteiger partial charge in [-0.3, -0.25) is 0 Å². The van der Waals surface area contributed by atoms with Gasteiger partial charge >= 0.3 is 6.01 Å². The van der Waals surface area contributed by atoms with Crippen LogP contribution in [0.5, 0.6) is 11.8 Å². The molecule has 0 aliphatic rings. The third kappa shape index (κ3) is 2.94. The lowest BCUT2D eigenvalue weighted by Crippen LogP contribution is -1.96. The van der Waals surface area contributed by atoms with Crippen LogP contribution in [0.25, 0.3) is 22.2 Å². The molecule has 0 saturated carbocycles. The Labute approximate surface area is 144 Å². The van der Waals surface area contributed by atoms with E-state index in [4.69, 9.17) is 16.3 Å². The van der Waals surface area contributed by atoms with E-state index in [2.05, 4.69) is 9.97 Å². The number of hydrogen-bond acceptors (Lipinski definition) is 3. The standard InChI is InChI=1S/C20H13ClN2O/c21-15-10-12-16(13-11-15)24-20-22-18-9-5-4-8-17(18)19(23-20)14-6-2-1-3-7-14/h1-13H. The highest BCUT2D eigenvalue weighted by molar-refractivity contribution is 6.30. The molecule has 3 aromatic carbocycles. The van der Waals surface area contributed by atoms with Crippen LogP contribution >= 0.6 is 11.6 Å². The normalized spacial score (nSPS) is 10.7. The molecule has 0 amide bonds. The molecule has 4 rings (SSSR count). The van der Waals surface area contributed by atoms with Crippen LogP contribution < -0.4 is 4.74 Å². The van der Waals surface area contributed by atoms with Crippen LogP contribution in [-0.4, -0.2) is 9.97 Å². The molecule has 0 bridgehead atoms. The Morgan fingerprint density at radius 3 is 2.21 bits per heavy atom. The fourth-order valence-electron chi connectivity index (χ4n) is 2.53. The first kappa shape index (κ1) is 14.7. The maximum absolute atomic E-state index is 5.91. The number of fused-ring (bicyclic) bond motifs is 1. The summed E-state index contributed by atoms with van der Waals surface area (Å²) in [5, 5.41) is 1.65. The van der Waals surface area contributed by atoms with Gasteiger partial charge in [0.15, 0.2) is 0 Å². The third-order valence-corrected chi connectivity index (χ3v) is 3.90. The number of aromatic nitrogens is 2. The van der Waals surface area contributed by atoms with Crippen molar-refractivity contribution in [3.63, 3.8) is 0 Å². The first-order valence-electron chi connectivity index (χ1n) is 7.55. The van der Waals surface area contributed by atoms with Crippen LogP contribution in [-0.2, 0) is 0 Å². The number of rotatable bonds is 3. The zero-order valence-corrected chi connectivity index (χ0v) is 13.4. The predicted molar refractivity (Wildman–Crippen MR) is 96.5 cm³/mol. The van der Waals surface area contributed by atoms with Crippen LogP contribution in [0.15, 0.2) is 78.9 Å². The number of para-hydroxylation sites is 1. The second-order valence-corrected chi connectivity index (χ2v) is 5.73. The number of ether oxygens (including phenoxy) is 1. The van der Waals surface area contributed by atoms with E-state index in [1.807, 2.05) is 54.6 Å². The lowest BCUT2D eigenvalue weighted by atomic mass is 10.1. The van der Waals surface area contributed by atoms with E-state index in [1.54, 1.807) is 24.3 Å². The quantitative estimate of drug-likeness (QED) is 0.479. The molecule has 1 aromatic heterocycles. The van der Waals surface area contributed by atoms with Crippen molar-refractivity contribution in [1.82, 2.24) is 9.97 Å². The van der Waals surface area contributed by atoms with Gasteiger partial charge in [0, 0.05) is 16.0 Å². The van der Waals surface area contributed by atoms with Gasteiger partial charge in [0.25, 0.3) is 0 Å². The van der Waals surface area contributed by atoms with Crippen molar-refractivity contribution in [2.45, 2.75) is 0 Å². The van der Waals surface area contributed by atoms with Crippen molar-refractivity contribution in [2.75, 3.05) is 0 Å². The van der Waals surface area contributed by atoms with Gasteiger partial charge in [-0.05, 0) is 30.3 Å². The van der Waals surface area contributed by atoms with Crippen molar-refractivity contribution in [2.24, 2.45) is 0 Å². The molecule has 0 spiro atoms. The molecule has 4 heteroatoms. The largest absolute Gasteiger partial charge is 0.424 e. The maximum Gasteiger partial charge on any atom is 0.323 e. The predicted octanol–water partition coefficient (Wildman–Crippen LogP) is 5.74. The van der Waals surface area contributed by atoms with E-state index in [9.17, 15) is 0 Å². The first-order chi connectivity index (χ1) is 11.8. The van der Waals surface area contributed by atoms with Gasteiger partial charge in [0.1, 0.15) is 5.75 Å². The highest BCUT2D eigenvalue weighted by atomic mass is 35.5. The summed E-state index contributed by atoms with van der Waals surface area (Å²) in [6, 6.07) is 25.4. The second kappa shape index (κ2) is 6.30. The van der Waals surface area contributed by atoms with Gasteiger partial charge in [-0.15, -0.1) is 0 Å². The summed E-state index contributed by atoms with van der Waals surface area (Å²) in [7, 11) is 0. The summed E-state index contributed by atoms with van der Waals surface area (Å²) in [6.45, 7) is 0. The summed E-state index contributed by atoms with van der Waals surface area (Å²) in [5.74, 6) is 0.647. The summed E-state index contributed by atoms with van der Waals surface area (Å²) >= 11 is 5.91. The van der Waals surface area contributed by atoms with Gasteiger partial charge in [0.2, 0.25) is 0 Å². The van der Waals surface area contributed by atoms with Crippen molar-refractivity contribution in [1.29, 1.82) is 0 Å². The fraction of sp³-hybridized carbons (Fsp3) is 0. The van der Waals surface area contributed by atoms with Gasteiger partial charge < -0.3 is 4.74 Å². The molecule has 3 nitrogen and oxygen atoms in total. The minimum atomic E-state index is 0.315. The SMILES string of the molecule is Clc1ccc(Oc2nc(-c3ccccc3)c3ccccc3n2)cc1. The van der Waals surface area contributed by atoms with E-state index in [0.29, 0.717) is 16.8 Å². The van der Waals surface area contributed by atoms with E-state index < -0.39 is 0 Å². The molecule has 1 heterocycles. The third-order valence-electron chi connectivity index (χ3n) is 3.65. The number of benzene rings is 3. The van der Waals surface area contributed by atoms with Crippen LogP contribution in [0.4, 0.5) is 0 Å². The van der Waals surface area contributed by atoms with Crippen molar-refractivity contribution in [3.8, 4) is 23.0 Å². The first-order valence-corrected chi connectivity index (χ1v) is 7.93. The minimum Gasteiger partial charge on any atom is -0.424 e. The Balaban J connectivity index is 1.83. The summed E-state index contributed by atoms with van der Waals surface area (Å²) in [5.41, 5.74) is 2.72. The smallest absolute Gasteiger partial charge is 0.323 e. The topological polar surface area (TPSA) is 35.0 Å². The molecule has 0 N–H and O–H groups in total. The van der Waals surface area contributed by atoms with Crippen LogP contribution in [0.1, 0.15) is 0 Å². The minimum absolute atomic E-state index is 0.315. The summed E-state index contributed by atoms with van der Waals surface area (Å²) in [6.07, 6.45) is 0. The van der Waals surface area contributed by atoms with Gasteiger partial charge in [-0.2, -0.15) is 9.97 Å². The zero-order valence-electron chi connectivity index (χ0n) is 12.7. The molecule has 24 heavy (non-hydrogen) atoms. The van der Waals surface area contributed by atoms with Gasteiger partial charge in [-0.1, -0.05) is 60.1 Å². The van der Waals surface area contributed by atoms with Crippen LogP contribution in [0.2, 0.25) is 5.02 Å². The average molecular weight is 333 g/mol. The molecule has 116 valence electrons. The molecular formula is C20H13ClN2O. The molecular weight excluding hydrogens is 320 g/mol. The average Bonchev–Trinajstić information content (AvgIpc) is 2.64. The molecule has 0 unspecified atom stereocenters. The molecule has 0 atom stereocenters. The molecule has 4 aromatic rings. The molecule has 0 aliphatic carbocycles. The Kier molecular flexibility index (Phi) is 3.85. The van der Waals surface area contributed by atoms with Gasteiger partial charge in [0.05, 0.1) is 11.2 Å². The summed E-state index contributed by atoms with van der Waals surface area (Å²) in [4.78, 5) is 9.14. The maximum atomic E-state index is 5.91. The Hall–Kier alpha value is -2.91. The Bertz CT molecular complexity index is 985. The van der Waals surface area contributed by atoms with Crippen molar-refractivity contribution in [3.05, 3.63) is 83.9 Å². The van der Waals surface area contributed by atoms with E-state index >= 15 is 0 Å². The number of nitrogens with zero attached hydrogens (tertiary/aromatic N) is 2. The van der Waals surface area contributed by atoms with E-state index in [1.165, 1.54) is 0 Å². The second-order valence-electron chi connectivity index (χ2n) is 5.29. The summed E-state index contributed by atoms with van der Waals surface area (Å²) < 4.78 is 5.82. The lowest BCUT2D eigenvalue weighted by molar-refractivity contribution is 0.445. The number of halogens is 1. The highest BCUT2D eigenvalue weighted by Crippen LogP contribution is 2.29. The zero-order chi connectivity index (χ0) is 16.4. The van der Waals surface area contributed by atoms with Crippen LogP contribution in [0, 0.1) is 0 Å². The Morgan fingerprint density at radius 1 is 0.708 bits per heavy atom. The lowest BCUT2D eigenvalue weighted by Gasteiger charge is -2.09. The molecule has 0 fully saturated rings. The fourth-order valence-corrected chi connectivity index (χ4v) is 2.65. The molecule has 0 saturated heterocycles. The highest BCUT2D eigenvalue weighted by Gasteiger charge is 2.11. The Morgan fingerprint density at radius 2 is 1.42 bits per heavy atom. The molecule has 0 radical (unpaired) electrons. The van der Waals surface area contributed by atoms with Gasteiger partial charge in [-0.25, -0.2) is 0 Å². The monoisotopic (exact) mass is 332 g/mol. The van der Waals surface area contributed by atoms with Crippen LogP contribution in [0.3, 0.4) is 0 Å². The number of hydrogen-bond donors (Lipinski definition) is 0. The van der Waals surface area contributed by atoms with Crippen molar-refractivity contribution >= 4 is 22.5 Å². The molecule has 0 aliphatic heterocycles. The van der Waals surface area contributed by atoms with Crippen molar-refractivity contribution < 1.29 is 4.74 Å². The van der Waals surface area contributed by atoms with E-state index in [-0.39, 0.29) is 0 Å².